The van der Waals surface area contributed by atoms with Crippen molar-refractivity contribution in [3.63, 3.8) is 0 Å². The summed E-state index contributed by atoms with van der Waals surface area (Å²) in [5.74, 6) is 6.88. The van der Waals surface area contributed by atoms with Crippen LogP contribution in [0.1, 0.15) is 5.56 Å². The van der Waals surface area contributed by atoms with Gasteiger partial charge in [-0.15, -0.1) is 0 Å². The Morgan fingerprint density at radius 1 is 1.07 bits per heavy atom. The highest BCUT2D eigenvalue weighted by molar-refractivity contribution is 5.51. The third kappa shape index (κ3) is 2.51. The van der Waals surface area contributed by atoms with Crippen LogP contribution in [0.15, 0.2) is 12.1 Å². The Morgan fingerprint density at radius 3 is 2.27 bits per heavy atom. The van der Waals surface area contributed by atoms with Gasteiger partial charge in [0, 0.05) is 11.6 Å². The van der Waals surface area contributed by atoms with Crippen LogP contribution >= 0.6 is 0 Å². The molecule has 0 aliphatic carbocycles. The molecule has 0 saturated heterocycles. The molecule has 0 aliphatic heterocycles. The first-order chi connectivity index (χ1) is 7.26. The molecule has 0 amide bonds. The highest BCUT2D eigenvalue weighted by Crippen LogP contribution is 2.35. The lowest BCUT2D eigenvalue weighted by Crippen LogP contribution is -2.03. The van der Waals surface area contributed by atoms with Crippen molar-refractivity contribution in [2.24, 2.45) is 5.90 Å². The molecule has 0 radical (unpaired) electrons. The fourth-order valence-corrected chi connectivity index (χ4v) is 1.33. The second-order valence-electron chi connectivity index (χ2n) is 2.83. The summed E-state index contributed by atoms with van der Waals surface area (Å²) in [6, 6.07) is 3.52. The largest absolute Gasteiger partial charge is 0.497 e. The van der Waals surface area contributed by atoms with Crippen LogP contribution in [-0.2, 0) is 11.4 Å². The van der Waals surface area contributed by atoms with Gasteiger partial charge in [0.2, 0.25) is 0 Å². The minimum atomic E-state index is 0.233. The second kappa shape index (κ2) is 5.43. The lowest BCUT2D eigenvalue weighted by Gasteiger charge is -2.13. The molecule has 15 heavy (non-hydrogen) atoms. The predicted molar refractivity (Wildman–Crippen MR) is 55.1 cm³/mol. The van der Waals surface area contributed by atoms with Crippen LogP contribution in [-0.4, -0.2) is 21.3 Å². The van der Waals surface area contributed by atoms with Crippen LogP contribution in [0.3, 0.4) is 0 Å². The number of methoxy groups -OCH3 is 3. The Morgan fingerprint density at radius 2 is 1.80 bits per heavy atom. The second-order valence-corrected chi connectivity index (χ2v) is 2.83. The minimum absolute atomic E-state index is 0.233. The molecule has 0 heterocycles. The lowest BCUT2D eigenvalue weighted by molar-refractivity contribution is 0.121. The molecule has 1 aromatic rings. The molecule has 0 aromatic heterocycles. The molecule has 0 spiro atoms. The van der Waals surface area contributed by atoms with Crippen molar-refractivity contribution in [1.29, 1.82) is 0 Å². The SMILES string of the molecule is COc1cc(CON)c(OC)c(OC)c1. The van der Waals surface area contributed by atoms with E-state index in [-0.39, 0.29) is 6.61 Å². The van der Waals surface area contributed by atoms with E-state index < -0.39 is 0 Å². The Balaban J connectivity index is 3.19. The van der Waals surface area contributed by atoms with Crippen molar-refractivity contribution in [2.45, 2.75) is 6.61 Å². The average Bonchev–Trinajstić information content (AvgIpc) is 2.28. The van der Waals surface area contributed by atoms with Gasteiger partial charge < -0.3 is 14.2 Å². The van der Waals surface area contributed by atoms with Crippen molar-refractivity contribution in [3.8, 4) is 17.2 Å². The number of nitrogens with two attached hydrogens (primary N) is 1. The van der Waals surface area contributed by atoms with Crippen LogP contribution < -0.4 is 20.1 Å². The van der Waals surface area contributed by atoms with E-state index in [1.807, 2.05) is 0 Å². The van der Waals surface area contributed by atoms with E-state index in [2.05, 4.69) is 4.84 Å². The van der Waals surface area contributed by atoms with Gasteiger partial charge in [0.05, 0.1) is 27.9 Å². The lowest BCUT2D eigenvalue weighted by atomic mass is 10.2. The quantitative estimate of drug-likeness (QED) is 0.742. The molecule has 0 atom stereocenters. The van der Waals surface area contributed by atoms with Gasteiger partial charge >= 0.3 is 0 Å². The van der Waals surface area contributed by atoms with E-state index in [0.29, 0.717) is 17.2 Å². The van der Waals surface area contributed by atoms with Crippen LogP contribution in [0.25, 0.3) is 0 Å². The predicted octanol–water partition coefficient (Wildman–Crippen LogP) is 1.10. The summed E-state index contributed by atoms with van der Waals surface area (Å²) in [4.78, 5) is 4.58. The first-order valence-corrected chi connectivity index (χ1v) is 4.37. The summed E-state index contributed by atoms with van der Waals surface area (Å²) in [6.07, 6.45) is 0. The molecule has 1 aromatic carbocycles. The van der Waals surface area contributed by atoms with Crippen LogP contribution in [0.4, 0.5) is 0 Å². The molecular formula is C10H15NO4. The maximum atomic E-state index is 5.20. The number of hydrogen-bond donors (Lipinski definition) is 1. The highest BCUT2D eigenvalue weighted by atomic mass is 16.6. The van der Waals surface area contributed by atoms with Crippen molar-refractivity contribution in [3.05, 3.63) is 17.7 Å². The van der Waals surface area contributed by atoms with E-state index in [0.717, 1.165) is 5.56 Å². The van der Waals surface area contributed by atoms with Gasteiger partial charge in [0.25, 0.3) is 0 Å². The van der Waals surface area contributed by atoms with Crippen LogP contribution in [0.2, 0.25) is 0 Å². The van der Waals surface area contributed by atoms with E-state index in [1.165, 1.54) is 0 Å². The zero-order chi connectivity index (χ0) is 11.3. The fourth-order valence-electron chi connectivity index (χ4n) is 1.33. The van der Waals surface area contributed by atoms with Gasteiger partial charge in [-0.3, -0.25) is 4.84 Å². The maximum Gasteiger partial charge on any atom is 0.166 e. The zero-order valence-electron chi connectivity index (χ0n) is 9.07. The molecule has 84 valence electrons. The summed E-state index contributed by atoms with van der Waals surface area (Å²) in [6.45, 7) is 0.233. The topological polar surface area (TPSA) is 62.9 Å². The Kier molecular flexibility index (Phi) is 4.20. The van der Waals surface area contributed by atoms with E-state index in [9.17, 15) is 0 Å². The van der Waals surface area contributed by atoms with Crippen molar-refractivity contribution < 1.29 is 19.0 Å². The summed E-state index contributed by atoms with van der Waals surface area (Å²) < 4.78 is 15.5. The number of hydrogen-bond acceptors (Lipinski definition) is 5. The zero-order valence-corrected chi connectivity index (χ0v) is 9.07. The fraction of sp³-hybridized carbons (Fsp3) is 0.400. The molecule has 0 saturated carbocycles. The van der Waals surface area contributed by atoms with Gasteiger partial charge in [-0.05, 0) is 6.07 Å². The van der Waals surface area contributed by atoms with Gasteiger partial charge in [-0.25, -0.2) is 5.90 Å². The normalized spacial score (nSPS) is 9.87. The summed E-state index contributed by atoms with van der Waals surface area (Å²) in [5, 5.41) is 0. The molecular weight excluding hydrogens is 198 g/mol. The van der Waals surface area contributed by atoms with Crippen molar-refractivity contribution in [2.75, 3.05) is 21.3 Å². The molecule has 5 nitrogen and oxygen atoms in total. The van der Waals surface area contributed by atoms with E-state index in [4.69, 9.17) is 20.1 Å². The third-order valence-electron chi connectivity index (χ3n) is 2.00. The average molecular weight is 213 g/mol. The molecule has 0 bridgehead atoms. The Labute approximate surface area is 88.6 Å². The highest BCUT2D eigenvalue weighted by Gasteiger charge is 2.12. The van der Waals surface area contributed by atoms with Crippen molar-refractivity contribution in [1.82, 2.24) is 0 Å². The molecule has 0 unspecified atom stereocenters. The van der Waals surface area contributed by atoms with Crippen molar-refractivity contribution >= 4 is 0 Å². The van der Waals surface area contributed by atoms with Gasteiger partial charge in [-0.2, -0.15) is 0 Å². The smallest absolute Gasteiger partial charge is 0.166 e. The molecule has 5 heteroatoms. The molecule has 0 aliphatic rings. The van der Waals surface area contributed by atoms with E-state index >= 15 is 0 Å². The van der Waals surface area contributed by atoms with Gasteiger partial charge in [-0.1, -0.05) is 0 Å². The van der Waals surface area contributed by atoms with E-state index in [1.54, 1.807) is 33.5 Å². The minimum Gasteiger partial charge on any atom is -0.497 e. The number of rotatable bonds is 5. The first-order valence-electron chi connectivity index (χ1n) is 4.37. The van der Waals surface area contributed by atoms with Crippen LogP contribution in [0, 0.1) is 0 Å². The first kappa shape index (κ1) is 11.6. The standard InChI is InChI=1S/C10H15NO4/c1-12-8-4-7(6-15-11)10(14-3)9(5-8)13-2/h4-5H,6,11H2,1-3H3. The number of benzene rings is 1. The van der Waals surface area contributed by atoms with Gasteiger partial charge in [0.15, 0.2) is 11.5 Å². The molecule has 2 N–H and O–H groups in total. The summed E-state index contributed by atoms with van der Waals surface area (Å²) in [7, 11) is 4.70. The molecule has 0 fully saturated rings. The maximum absolute atomic E-state index is 5.20. The Bertz CT molecular complexity index is 327. The monoisotopic (exact) mass is 213 g/mol. The number of ether oxygens (including phenoxy) is 3. The summed E-state index contributed by atoms with van der Waals surface area (Å²) in [5.41, 5.74) is 0.774. The summed E-state index contributed by atoms with van der Waals surface area (Å²) >= 11 is 0. The molecule has 1 rings (SSSR count). The van der Waals surface area contributed by atoms with Gasteiger partial charge in [0.1, 0.15) is 5.75 Å². The Hall–Kier alpha value is -1.46. The third-order valence-corrected chi connectivity index (χ3v) is 2.00. The van der Waals surface area contributed by atoms with Crippen LogP contribution in [0.5, 0.6) is 17.2 Å².